The molecule has 2 aliphatic rings. The van der Waals surface area contributed by atoms with Gasteiger partial charge in [0, 0.05) is 17.3 Å². The van der Waals surface area contributed by atoms with E-state index in [1.54, 1.807) is 0 Å². The molecule has 0 bridgehead atoms. The molecule has 1 aliphatic heterocycles. The molecule has 1 saturated carbocycles. The van der Waals surface area contributed by atoms with Crippen LogP contribution in [0.5, 0.6) is 0 Å². The Morgan fingerprint density at radius 2 is 2.03 bits per heavy atom. The Balaban J connectivity index is 1.33. The molecule has 5 nitrogen and oxygen atoms in total. The number of hydrogen-bond donors (Lipinski definition) is 1. The van der Waals surface area contributed by atoms with Gasteiger partial charge in [-0.15, -0.1) is 0 Å². The highest BCUT2D eigenvalue weighted by Crippen LogP contribution is 2.33. The van der Waals surface area contributed by atoms with Crippen molar-refractivity contribution in [2.75, 3.05) is 13.1 Å². The van der Waals surface area contributed by atoms with E-state index >= 15 is 0 Å². The van der Waals surface area contributed by atoms with E-state index in [1.165, 1.54) is 23.0 Å². The largest absolute Gasteiger partial charge is 0.464 e. The molecule has 1 N–H and O–H groups in total. The molecule has 5 heteroatoms. The first kappa shape index (κ1) is 18.5. The van der Waals surface area contributed by atoms with E-state index in [4.69, 9.17) is 4.42 Å². The fraction of sp³-hybridized carbons (Fsp3) is 0.458. The Labute approximate surface area is 171 Å². The number of H-pyrrole nitrogens is 1. The molecule has 1 aromatic carbocycles. The number of piperidine rings is 1. The van der Waals surface area contributed by atoms with Crippen LogP contribution in [0.25, 0.3) is 10.9 Å². The summed E-state index contributed by atoms with van der Waals surface area (Å²) in [5.74, 6) is 2.01. The summed E-state index contributed by atoms with van der Waals surface area (Å²) in [5, 5.41) is 1.24. The molecule has 3 heterocycles. The van der Waals surface area contributed by atoms with Crippen LogP contribution in [-0.4, -0.2) is 39.8 Å². The van der Waals surface area contributed by atoms with E-state index in [1.807, 2.05) is 24.0 Å². The highest BCUT2D eigenvalue weighted by molar-refractivity contribution is 5.81. The lowest BCUT2D eigenvalue weighted by atomic mass is 9.99. The predicted octanol–water partition coefficient (Wildman–Crippen LogP) is 4.79. The quantitative estimate of drug-likeness (QED) is 0.657. The summed E-state index contributed by atoms with van der Waals surface area (Å²) in [4.78, 5) is 21.3. The molecule has 5 rings (SSSR count). The molecule has 152 valence electrons. The number of aromatic nitrogens is 1. The number of nitrogens with one attached hydrogen (secondary N) is 1. The maximum Gasteiger partial charge on any atom is 0.237 e. The van der Waals surface area contributed by atoms with Crippen molar-refractivity contribution in [3.8, 4) is 0 Å². The number of likely N-dealkylation sites (tertiary alicyclic amines) is 1. The number of nitrogens with zero attached hydrogens (tertiary/aromatic N) is 2. The van der Waals surface area contributed by atoms with Crippen molar-refractivity contribution >= 4 is 16.8 Å². The molecule has 29 heavy (non-hydrogen) atoms. The lowest BCUT2D eigenvalue weighted by Gasteiger charge is -2.36. The summed E-state index contributed by atoms with van der Waals surface area (Å²) < 4.78 is 5.74. The molecule has 1 saturated heterocycles. The molecule has 1 atom stereocenters. The van der Waals surface area contributed by atoms with Crippen LogP contribution in [0, 0.1) is 6.92 Å². The lowest BCUT2D eigenvalue weighted by Crippen LogP contribution is -2.44. The standard InChI is InChI=1S/C24H29N3O2/c1-17-9-12-20(29-17)15-27(19-10-11-19)24(28)16-26-13-5-4-8-23(26)22-14-18-6-2-3-7-21(18)25-22/h2-3,6-7,9,12,14,19,23,25H,4-5,8,10-11,13,15-16H2,1H3. The van der Waals surface area contributed by atoms with E-state index in [-0.39, 0.29) is 11.9 Å². The lowest BCUT2D eigenvalue weighted by molar-refractivity contribution is -0.135. The second-order valence-corrected chi connectivity index (χ2v) is 8.56. The van der Waals surface area contributed by atoms with Crippen molar-refractivity contribution in [1.29, 1.82) is 0 Å². The Kier molecular flexibility index (Phi) is 4.92. The van der Waals surface area contributed by atoms with Gasteiger partial charge in [-0.3, -0.25) is 9.69 Å². The minimum Gasteiger partial charge on any atom is -0.464 e. The molecule has 1 aliphatic carbocycles. The molecule has 1 unspecified atom stereocenters. The van der Waals surface area contributed by atoms with Crippen LogP contribution in [0.4, 0.5) is 0 Å². The highest BCUT2D eigenvalue weighted by atomic mass is 16.3. The number of fused-ring (bicyclic) bond motifs is 1. The number of rotatable bonds is 6. The van der Waals surface area contributed by atoms with Gasteiger partial charge in [0.05, 0.1) is 19.1 Å². The van der Waals surface area contributed by atoms with Gasteiger partial charge in [0.25, 0.3) is 0 Å². The van der Waals surface area contributed by atoms with Gasteiger partial charge in [-0.25, -0.2) is 0 Å². The van der Waals surface area contributed by atoms with Gasteiger partial charge < -0.3 is 14.3 Å². The van der Waals surface area contributed by atoms with Crippen LogP contribution in [0.1, 0.15) is 55.4 Å². The first-order valence-corrected chi connectivity index (χ1v) is 10.8. The number of furan rings is 1. The van der Waals surface area contributed by atoms with Gasteiger partial charge in [0.2, 0.25) is 5.91 Å². The summed E-state index contributed by atoms with van der Waals surface area (Å²) in [5.41, 5.74) is 2.41. The van der Waals surface area contributed by atoms with Crippen LogP contribution in [0.3, 0.4) is 0 Å². The normalized spacial score (nSPS) is 20.2. The van der Waals surface area contributed by atoms with E-state index in [0.717, 1.165) is 43.7 Å². The average molecular weight is 392 g/mol. The zero-order valence-corrected chi connectivity index (χ0v) is 17.1. The molecule has 3 aromatic rings. The number of hydrogen-bond acceptors (Lipinski definition) is 3. The van der Waals surface area contributed by atoms with Gasteiger partial charge in [-0.2, -0.15) is 0 Å². The predicted molar refractivity (Wildman–Crippen MR) is 113 cm³/mol. The van der Waals surface area contributed by atoms with Crippen molar-refractivity contribution in [3.63, 3.8) is 0 Å². The van der Waals surface area contributed by atoms with Crippen molar-refractivity contribution in [3.05, 3.63) is 59.7 Å². The molecule has 2 aromatic heterocycles. The van der Waals surface area contributed by atoms with Crippen LogP contribution < -0.4 is 0 Å². The first-order chi connectivity index (χ1) is 14.2. The van der Waals surface area contributed by atoms with Gasteiger partial charge in [-0.1, -0.05) is 24.6 Å². The molecule has 1 amide bonds. The first-order valence-electron chi connectivity index (χ1n) is 10.8. The Morgan fingerprint density at radius 1 is 1.17 bits per heavy atom. The van der Waals surface area contributed by atoms with E-state index in [2.05, 4.69) is 40.2 Å². The smallest absolute Gasteiger partial charge is 0.237 e. The second kappa shape index (κ2) is 7.71. The molecular formula is C24H29N3O2. The van der Waals surface area contributed by atoms with Crippen LogP contribution in [-0.2, 0) is 11.3 Å². The van der Waals surface area contributed by atoms with Gasteiger partial charge >= 0.3 is 0 Å². The average Bonchev–Trinajstić information content (AvgIpc) is 3.34. The van der Waals surface area contributed by atoms with Crippen molar-refractivity contribution < 1.29 is 9.21 Å². The monoisotopic (exact) mass is 391 g/mol. The zero-order chi connectivity index (χ0) is 19.8. The SMILES string of the molecule is Cc1ccc(CN(C(=O)CN2CCCCC2c2cc3ccccc3[nH]2)C2CC2)o1. The minimum absolute atomic E-state index is 0.226. The van der Waals surface area contributed by atoms with E-state index in [0.29, 0.717) is 19.1 Å². The zero-order valence-electron chi connectivity index (χ0n) is 17.1. The van der Waals surface area contributed by atoms with Crippen LogP contribution in [0.15, 0.2) is 46.9 Å². The number of carbonyl (C=O) groups excluding carboxylic acids is 1. The third-order valence-corrected chi connectivity index (χ3v) is 6.29. The number of aryl methyl sites for hydroxylation is 1. The Hall–Kier alpha value is -2.53. The highest BCUT2D eigenvalue weighted by Gasteiger charge is 2.35. The summed E-state index contributed by atoms with van der Waals surface area (Å²) in [6.07, 6.45) is 5.68. The summed E-state index contributed by atoms with van der Waals surface area (Å²) in [7, 11) is 0. The fourth-order valence-electron chi connectivity index (χ4n) is 4.62. The second-order valence-electron chi connectivity index (χ2n) is 8.56. The Bertz CT molecular complexity index is 967. The third-order valence-electron chi connectivity index (χ3n) is 6.29. The topological polar surface area (TPSA) is 52.5 Å². The molecule has 0 radical (unpaired) electrons. The number of para-hydroxylation sites is 1. The summed E-state index contributed by atoms with van der Waals surface area (Å²) in [6, 6.07) is 15.3. The molecule has 2 fully saturated rings. The summed E-state index contributed by atoms with van der Waals surface area (Å²) in [6.45, 7) is 3.99. The van der Waals surface area contributed by atoms with Crippen molar-refractivity contribution in [1.82, 2.24) is 14.8 Å². The maximum absolute atomic E-state index is 13.3. The van der Waals surface area contributed by atoms with Gasteiger partial charge in [0.15, 0.2) is 0 Å². The van der Waals surface area contributed by atoms with Gasteiger partial charge in [-0.05, 0) is 68.8 Å². The third kappa shape index (κ3) is 3.97. The summed E-state index contributed by atoms with van der Waals surface area (Å²) >= 11 is 0. The van der Waals surface area contributed by atoms with Gasteiger partial charge in [0.1, 0.15) is 11.5 Å². The van der Waals surface area contributed by atoms with E-state index < -0.39 is 0 Å². The fourth-order valence-corrected chi connectivity index (χ4v) is 4.62. The molecule has 0 spiro atoms. The molecular weight excluding hydrogens is 362 g/mol. The Morgan fingerprint density at radius 3 is 2.79 bits per heavy atom. The van der Waals surface area contributed by atoms with Crippen LogP contribution >= 0.6 is 0 Å². The number of benzene rings is 1. The number of amides is 1. The number of aromatic amines is 1. The van der Waals surface area contributed by atoms with Crippen molar-refractivity contribution in [2.45, 2.75) is 57.7 Å². The maximum atomic E-state index is 13.3. The van der Waals surface area contributed by atoms with E-state index in [9.17, 15) is 4.79 Å². The van der Waals surface area contributed by atoms with Crippen LogP contribution in [0.2, 0.25) is 0 Å². The number of carbonyl (C=O) groups is 1. The van der Waals surface area contributed by atoms with Crippen molar-refractivity contribution in [2.24, 2.45) is 0 Å². The minimum atomic E-state index is 0.226.